The molecule has 1 rings (SSSR count). The van der Waals surface area contributed by atoms with Crippen LogP contribution in [0.3, 0.4) is 0 Å². The molecule has 0 aromatic heterocycles. The molecule has 0 N–H and O–H groups in total. The summed E-state index contributed by atoms with van der Waals surface area (Å²) < 4.78 is 37.1. The average Bonchev–Trinajstić information content (AvgIpc) is 2.58. The zero-order valence-electron chi connectivity index (χ0n) is 16.7. The Bertz CT molecular complexity index is 573. The molecule has 0 radical (unpaired) electrons. The maximum atomic E-state index is 11.7. The number of carbonyl (C=O) groups is 4. The monoisotopic (exact) mass is 406 g/mol. The Morgan fingerprint density at radius 2 is 1.29 bits per heavy atom. The number of rotatable bonds is 8. The van der Waals surface area contributed by atoms with Crippen molar-refractivity contribution in [3.8, 4) is 0 Å². The van der Waals surface area contributed by atoms with Crippen LogP contribution in [-0.2, 0) is 52.3 Å². The predicted octanol–water partition coefficient (Wildman–Crippen LogP) is -0.269. The number of hydrogen-bond acceptors (Lipinski definition) is 11. The standard InChI is InChI=1S/C17H26O11/c1-8(18)24-7-12(22-5)13-14(25-9(2)19)15(26-10(3)20)16(27-11(4)21)17(23-6)28-13/h12-17H,7H2,1-6H3. The van der Waals surface area contributed by atoms with E-state index in [4.69, 9.17) is 33.2 Å². The second-order valence-electron chi connectivity index (χ2n) is 6.00. The molecule has 0 aromatic rings. The summed E-state index contributed by atoms with van der Waals surface area (Å²) >= 11 is 0. The van der Waals surface area contributed by atoms with Gasteiger partial charge in [-0.05, 0) is 0 Å². The molecule has 0 saturated carbocycles. The van der Waals surface area contributed by atoms with E-state index in [0.29, 0.717) is 0 Å². The van der Waals surface area contributed by atoms with E-state index >= 15 is 0 Å². The molecule has 28 heavy (non-hydrogen) atoms. The van der Waals surface area contributed by atoms with E-state index < -0.39 is 60.7 Å². The fourth-order valence-corrected chi connectivity index (χ4v) is 2.79. The molecule has 11 heteroatoms. The van der Waals surface area contributed by atoms with Gasteiger partial charge in [-0.1, -0.05) is 0 Å². The molecule has 160 valence electrons. The normalized spacial score (nSPS) is 28.0. The van der Waals surface area contributed by atoms with Crippen LogP contribution in [0.1, 0.15) is 27.7 Å². The first-order chi connectivity index (χ1) is 13.1. The summed E-state index contributed by atoms with van der Waals surface area (Å²) in [6.45, 7) is 4.45. The maximum Gasteiger partial charge on any atom is 0.303 e. The van der Waals surface area contributed by atoms with Crippen molar-refractivity contribution >= 4 is 23.9 Å². The van der Waals surface area contributed by atoms with Gasteiger partial charge in [-0.2, -0.15) is 0 Å². The number of hydrogen-bond donors (Lipinski definition) is 0. The quantitative estimate of drug-likeness (QED) is 0.389. The van der Waals surface area contributed by atoms with Crippen LogP contribution in [0.15, 0.2) is 0 Å². The van der Waals surface area contributed by atoms with E-state index in [2.05, 4.69) is 0 Å². The van der Waals surface area contributed by atoms with Crippen LogP contribution in [0, 0.1) is 0 Å². The maximum absolute atomic E-state index is 11.7. The summed E-state index contributed by atoms with van der Waals surface area (Å²) in [4.78, 5) is 46.0. The van der Waals surface area contributed by atoms with Crippen molar-refractivity contribution in [1.82, 2.24) is 0 Å². The second kappa shape index (κ2) is 10.9. The SMILES string of the molecule is COC(COC(C)=O)C1OC(OC)C(OC(C)=O)C(OC(C)=O)C1OC(C)=O. The first-order valence-electron chi connectivity index (χ1n) is 8.46. The first kappa shape index (κ1) is 23.8. The smallest absolute Gasteiger partial charge is 0.303 e. The van der Waals surface area contributed by atoms with Crippen LogP contribution in [0.5, 0.6) is 0 Å². The summed E-state index contributed by atoms with van der Waals surface area (Å²) in [5.41, 5.74) is 0. The largest absolute Gasteiger partial charge is 0.463 e. The summed E-state index contributed by atoms with van der Waals surface area (Å²) in [7, 11) is 2.63. The lowest BCUT2D eigenvalue weighted by Gasteiger charge is -2.45. The number of methoxy groups -OCH3 is 2. The van der Waals surface area contributed by atoms with Crippen LogP contribution in [0.25, 0.3) is 0 Å². The number of ether oxygens (including phenoxy) is 7. The minimum atomic E-state index is -1.25. The minimum absolute atomic E-state index is 0.226. The molecule has 1 heterocycles. The van der Waals surface area contributed by atoms with Crippen molar-refractivity contribution in [3.63, 3.8) is 0 Å². The van der Waals surface area contributed by atoms with Crippen molar-refractivity contribution < 1.29 is 52.3 Å². The van der Waals surface area contributed by atoms with Gasteiger partial charge < -0.3 is 33.2 Å². The molecule has 1 saturated heterocycles. The Hall–Kier alpha value is -2.24. The van der Waals surface area contributed by atoms with Crippen molar-refractivity contribution in [3.05, 3.63) is 0 Å². The molecule has 6 atom stereocenters. The summed E-state index contributed by atoms with van der Waals surface area (Å²) in [5.74, 6) is -2.64. The van der Waals surface area contributed by atoms with Gasteiger partial charge >= 0.3 is 23.9 Å². The van der Waals surface area contributed by atoms with Gasteiger partial charge in [0, 0.05) is 41.9 Å². The van der Waals surface area contributed by atoms with Crippen LogP contribution in [0.2, 0.25) is 0 Å². The molecular formula is C17H26O11. The Balaban J connectivity index is 3.31. The fraction of sp³-hybridized carbons (Fsp3) is 0.765. The van der Waals surface area contributed by atoms with E-state index in [1.54, 1.807) is 0 Å². The lowest BCUT2D eigenvalue weighted by molar-refractivity contribution is -0.313. The van der Waals surface area contributed by atoms with Gasteiger partial charge in [0.05, 0.1) is 0 Å². The third kappa shape index (κ3) is 6.73. The molecular weight excluding hydrogens is 380 g/mol. The summed E-state index contributed by atoms with van der Waals surface area (Å²) in [6.07, 6.45) is -6.81. The van der Waals surface area contributed by atoms with Gasteiger partial charge in [0.15, 0.2) is 24.6 Å². The molecule has 0 aliphatic carbocycles. The first-order valence-corrected chi connectivity index (χ1v) is 8.46. The highest BCUT2D eigenvalue weighted by atomic mass is 16.7. The van der Waals surface area contributed by atoms with Crippen molar-refractivity contribution in [2.24, 2.45) is 0 Å². The number of esters is 4. The van der Waals surface area contributed by atoms with E-state index in [-0.39, 0.29) is 6.61 Å². The van der Waals surface area contributed by atoms with Gasteiger partial charge in [-0.3, -0.25) is 19.2 Å². The molecule has 1 aliphatic heterocycles. The molecule has 1 aliphatic rings. The van der Waals surface area contributed by atoms with E-state index in [1.807, 2.05) is 0 Å². The second-order valence-corrected chi connectivity index (χ2v) is 6.00. The Morgan fingerprint density at radius 3 is 1.71 bits per heavy atom. The lowest BCUT2D eigenvalue weighted by Crippen LogP contribution is -2.65. The molecule has 0 bridgehead atoms. The van der Waals surface area contributed by atoms with E-state index in [1.165, 1.54) is 21.1 Å². The van der Waals surface area contributed by atoms with Crippen LogP contribution in [0.4, 0.5) is 0 Å². The molecule has 6 unspecified atom stereocenters. The van der Waals surface area contributed by atoms with Crippen molar-refractivity contribution in [2.75, 3.05) is 20.8 Å². The topological polar surface area (TPSA) is 133 Å². The highest BCUT2D eigenvalue weighted by molar-refractivity contribution is 5.68. The highest BCUT2D eigenvalue weighted by Gasteiger charge is 2.54. The zero-order valence-corrected chi connectivity index (χ0v) is 16.7. The molecule has 0 aromatic carbocycles. The average molecular weight is 406 g/mol. The van der Waals surface area contributed by atoms with E-state index in [0.717, 1.165) is 20.8 Å². The molecule has 11 nitrogen and oxygen atoms in total. The van der Waals surface area contributed by atoms with Crippen LogP contribution < -0.4 is 0 Å². The summed E-state index contributed by atoms with van der Waals surface area (Å²) in [6, 6.07) is 0. The van der Waals surface area contributed by atoms with Gasteiger partial charge in [0.25, 0.3) is 0 Å². The van der Waals surface area contributed by atoms with Crippen LogP contribution >= 0.6 is 0 Å². The zero-order chi connectivity index (χ0) is 21.4. The Morgan fingerprint density at radius 1 is 0.786 bits per heavy atom. The highest BCUT2D eigenvalue weighted by Crippen LogP contribution is 2.31. The molecule has 1 fully saturated rings. The van der Waals surface area contributed by atoms with Gasteiger partial charge in [0.2, 0.25) is 0 Å². The third-order valence-corrected chi connectivity index (χ3v) is 3.79. The minimum Gasteiger partial charge on any atom is -0.463 e. The lowest BCUT2D eigenvalue weighted by atomic mass is 9.94. The Kier molecular flexibility index (Phi) is 9.29. The van der Waals surface area contributed by atoms with Crippen molar-refractivity contribution in [2.45, 2.75) is 64.5 Å². The van der Waals surface area contributed by atoms with E-state index in [9.17, 15) is 19.2 Å². The predicted molar refractivity (Wildman–Crippen MR) is 89.8 cm³/mol. The van der Waals surface area contributed by atoms with Gasteiger partial charge in [-0.15, -0.1) is 0 Å². The fourth-order valence-electron chi connectivity index (χ4n) is 2.79. The number of carbonyl (C=O) groups excluding carboxylic acids is 4. The third-order valence-electron chi connectivity index (χ3n) is 3.79. The van der Waals surface area contributed by atoms with Gasteiger partial charge in [-0.25, -0.2) is 0 Å². The van der Waals surface area contributed by atoms with Gasteiger partial charge in [0.1, 0.15) is 18.8 Å². The molecule has 0 amide bonds. The van der Waals surface area contributed by atoms with Crippen LogP contribution in [-0.4, -0.2) is 81.5 Å². The Labute approximate surface area is 162 Å². The van der Waals surface area contributed by atoms with Crippen molar-refractivity contribution in [1.29, 1.82) is 0 Å². The molecule has 0 spiro atoms. The summed E-state index contributed by atoms with van der Waals surface area (Å²) in [5, 5.41) is 0.